The lowest BCUT2D eigenvalue weighted by molar-refractivity contribution is 0.174. The molecular weight excluding hydrogens is 386 g/mol. The van der Waals surface area contributed by atoms with E-state index in [1.807, 2.05) is 48.5 Å². The third-order valence-corrected chi connectivity index (χ3v) is 4.62. The Morgan fingerprint density at radius 1 is 0.931 bits per heavy atom. The van der Waals surface area contributed by atoms with Crippen LogP contribution in [0.5, 0.6) is 11.5 Å². The molecule has 0 aromatic heterocycles. The Bertz CT molecular complexity index is 869. The van der Waals surface area contributed by atoms with E-state index in [-0.39, 0.29) is 12.4 Å². The molecule has 0 amide bonds. The van der Waals surface area contributed by atoms with E-state index in [0.29, 0.717) is 25.4 Å². The molecule has 29 heavy (non-hydrogen) atoms. The second kappa shape index (κ2) is 11.5. The number of hydrogen-bond acceptors (Lipinski definition) is 4. The Labute approximate surface area is 178 Å². The van der Waals surface area contributed by atoms with Crippen LogP contribution >= 0.6 is 12.4 Å². The van der Waals surface area contributed by atoms with Gasteiger partial charge >= 0.3 is 0 Å². The van der Waals surface area contributed by atoms with Crippen LogP contribution in [0.2, 0.25) is 0 Å². The van der Waals surface area contributed by atoms with Crippen molar-refractivity contribution in [2.75, 3.05) is 13.7 Å². The summed E-state index contributed by atoms with van der Waals surface area (Å²) in [5, 5.41) is 13.6. The van der Waals surface area contributed by atoms with E-state index in [1.165, 1.54) is 5.56 Å². The van der Waals surface area contributed by atoms with Gasteiger partial charge in [-0.1, -0.05) is 72.3 Å². The highest BCUT2D eigenvalue weighted by molar-refractivity contribution is 5.85. The van der Waals surface area contributed by atoms with Gasteiger partial charge in [-0.15, -0.1) is 12.4 Å². The minimum absolute atomic E-state index is 0. The summed E-state index contributed by atoms with van der Waals surface area (Å²) in [4.78, 5) is 0. The lowest BCUT2D eigenvalue weighted by Gasteiger charge is -2.17. The van der Waals surface area contributed by atoms with E-state index in [1.54, 1.807) is 7.11 Å². The van der Waals surface area contributed by atoms with Gasteiger partial charge in [-0.3, -0.25) is 0 Å². The van der Waals surface area contributed by atoms with Gasteiger partial charge in [-0.25, -0.2) is 0 Å². The molecule has 154 valence electrons. The summed E-state index contributed by atoms with van der Waals surface area (Å²) in [7, 11) is 1.64. The van der Waals surface area contributed by atoms with E-state index in [4.69, 9.17) is 9.47 Å². The fraction of sp³-hybridized carbons (Fsp3) is 0.250. The molecule has 0 aliphatic carbocycles. The maximum absolute atomic E-state index is 10.3. The zero-order chi connectivity index (χ0) is 19.8. The highest BCUT2D eigenvalue weighted by Gasteiger charge is 2.12. The summed E-state index contributed by atoms with van der Waals surface area (Å²) in [5.74, 6) is 1.43. The Hall–Kier alpha value is -2.53. The van der Waals surface area contributed by atoms with Gasteiger partial charge in [0.15, 0.2) is 11.5 Å². The van der Waals surface area contributed by atoms with Gasteiger partial charge in [0.1, 0.15) is 6.61 Å². The molecule has 0 aliphatic rings. The van der Waals surface area contributed by atoms with Crippen LogP contribution in [0.4, 0.5) is 0 Å². The highest BCUT2D eigenvalue weighted by atomic mass is 35.5. The van der Waals surface area contributed by atoms with Crippen LogP contribution in [0.3, 0.4) is 0 Å². The average Bonchev–Trinajstić information content (AvgIpc) is 2.74. The fourth-order valence-corrected chi connectivity index (χ4v) is 3.00. The molecule has 0 aliphatic heterocycles. The van der Waals surface area contributed by atoms with E-state index < -0.39 is 6.10 Å². The van der Waals surface area contributed by atoms with E-state index in [9.17, 15) is 5.11 Å². The summed E-state index contributed by atoms with van der Waals surface area (Å²) < 4.78 is 11.6. The van der Waals surface area contributed by atoms with Gasteiger partial charge in [0, 0.05) is 18.7 Å². The molecule has 0 fully saturated rings. The molecule has 0 bridgehead atoms. The smallest absolute Gasteiger partial charge is 0.166 e. The molecule has 3 aromatic carbocycles. The summed E-state index contributed by atoms with van der Waals surface area (Å²) in [6.07, 6.45) is -0.552. The topological polar surface area (TPSA) is 50.7 Å². The second-order valence-electron chi connectivity index (χ2n) is 6.78. The molecule has 0 spiro atoms. The predicted molar refractivity (Wildman–Crippen MR) is 119 cm³/mol. The maximum atomic E-state index is 10.3. The van der Waals surface area contributed by atoms with Crippen molar-refractivity contribution in [1.82, 2.24) is 5.32 Å². The number of nitrogens with one attached hydrogen (secondary N) is 1. The fourth-order valence-electron chi connectivity index (χ4n) is 3.00. The molecule has 3 rings (SSSR count). The molecule has 5 heteroatoms. The first kappa shape index (κ1) is 22.8. The molecule has 0 radical (unpaired) electrons. The number of aliphatic hydroxyl groups excluding tert-OH is 1. The lowest BCUT2D eigenvalue weighted by atomic mass is 10.1. The maximum Gasteiger partial charge on any atom is 0.166 e. The first-order valence-corrected chi connectivity index (χ1v) is 9.45. The van der Waals surface area contributed by atoms with Gasteiger partial charge in [-0.2, -0.15) is 0 Å². The summed E-state index contributed by atoms with van der Waals surface area (Å²) in [6, 6.07) is 23.8. The van der Waals surface area contributed by atoms with Gasteiger partial charge in [0.25, 0.3) is 0 Å². The van der Waals surface area contributed by atoms with E-state index in [2.05, 4.69) is 36.5 Å². The number of methoxy groups -OCH3 is 1. The van der Waals surface area contributed by atoms with Crippen LogP contribution < -0.4 is 14.8 Å². The van der Waals surface area contributed by atoms with E-state index in [0.717, 1.165) is 22.4 Å². The van der Waals surface area contributed by atoms with Crippen molar-refractivity contribution in [3.8, 4) is 11.5 Å². The van der Waals surface area contributed by atoms with Gasteiger partial charge < -0.3 is 19.9 Å². The molecule has 1 unspecified atom stereocenters. The predicted octanol–water partition coefficient (Wildman–Crippen LogP) is 4.83. The molecule has 4 nitrogen and oxygen atoms in total. The SMILES string of the molecule is COc1cccc(CNCC(O)c2ccccc2)c1OCc1ccc(C)cc1.Cl. The van der Waals surface area contributed by atoms with Crippen molar-refractivity contribution in [3.63, 3.8) is 0 Å². The van der Waals surface area contributed by atoms with Crippen molar-refractivity contribution in [2.24, 2.45) is 0 Å². The number of para-hydroxylation sites is 1. The van der Waals surface area contributed by atoms with Crippen molar-refractivity contribution < 1.29 is 14.6 Å². The van der Waals surface area contributed by atoms with Crippen molar-refractivity contribution in [3.05, 3.63) is 95.1 Å². The minimum atomic E-state index is -0.552. The number of hydrogen-bond donors (Lipinski definition) is 2. The Kier molecular flexibility index (Phi) is 9.00. The first-order valence-electron chi connectivity index (χ1n) is 9.45. The highest BCUT2D eigenvalue weighted by Crippen LogP contribution is 2.32. The van der Waals surface area contributed by atoms with Crippen LogP contribution in [0, 0.1) is 6.92 Å². The summed E-state index contributed by atoms with van der Waals surface area (Å²) in [5.41, 5.74) is 4.22. The van der Waals surface area contributed by atoms with Gasteiger partial charge in [0.2, 0.25) is 0 Å². The van der Waals surface area contributed by atoms with Crippen LogP contribution in [0.25, 0.3) is 0 Å². The standard InChI is InChI=1S/C24H27NO3.ClH/c1-18-11-13-19(14-12-18)17-28-24-21(9-6-10-23(24)27-2)15-25-16-22(26)20-7-4-3-5-8-20;/h3-14,22,25-26H,15-17H2,1-2H3;1H. The molecule has 0 heterocycles. The molecule has 0 saturated carbocycles. The molecule has 3 aromatic rings. The Morgan fingerprint density at radius 2 is 1.66 bits per heavy atom. The summed E-state index contributed by atoms with van der Waals surface area (Å²) >= 11 is 0. The number of benzene rings is 3. The zero-order valence-electron chi connectivity index (χ0n) is 16.8. The molecule has 2 N–H and O–H groups in total. The van der Waals surface area contributed by atoms with Crippen molar-refractivity contribution in [2.45, 2.75) is 26.2 Å². The third kappa shape index (κ3) is 6.50. The number of aryl methyl sites for hydroxylation is 1. The second-order valence-corrected chi connectivity index (χ2v) is 6.78. The van der Waals surface area contributed by atoms with Crippen LogP contribution in [0.1, 0.15) is 28.4 Å². The minimum Gasteiger partial charge on any atom is -0.493 e. The van der Waals surface area contributed by atoms with Gasteiger partial charge in [-0.05, 0) is 24.1 Å². The normalized spacial score (nSPS) is 11.4. The largest absolute Gasteiger partial charge is 0.493 e. The Balaban J connectivity index is 0.00000300. The van der Waals surface area contributed by atoms with Crippen LogP contribution in [-0.2, 0) is 13.2 Å². The van der Waals surface area contributed by atoms with Gasteiger partial charge in [0.05, 0.1) is 13.2 Å². The Morgan fingerprint density at radius 3 is 2.34 bits per heavy atom. The lowest BCUT2D eigenvalue weighted by Crippen LogP contribution is -2.21. The molecule has 1 atom stereocenters. The molecular formula is C24H28ClNO3. The average molecular weight is 414 g/mol. The van der Waals surface area contributed by atoms with Crippen molar-refractivity contribution >= 4 is 12.4 Å². The third-order valence-electron chi connectivity index (χ3n) is 4.62. The van der Waals surface area contributed by atoms with E-state index >= 15 is 0 Å². The number of ether oxygens (including phenoxy) is 2. The molecule has 0 saturated heterocycles. The summed E-state index contributed by atoms with van der Waals surface area (Å²) in [6.45, 7) is 3.57. The quantitative estimate of drug-likeness (QED) is 0.527. The van der Waals surface area contributed by atoms with Crippen LogP contribution in [0.15, 0.2) is 72.8 Å². The van der Waals surface area contributed by atoms with Crippen LogP contribution in [-0.4, -0.2) is 18.8 Å². The number of halogens is 1. The van der Waals surface area contributed by atoms with Crippen molar-refractivity contribution in [1.29, 1.82) is 0 Å². The zero-order valence-corrected chi connectivity index (χ0v) is 17.6. The number of aliphatic hydroxyl groups is 1. The first-order chi connectivity index (χ1) is 13.7. The number of rotatable bonds is 9. The monoisotopic (exact) mass is 413 g/mol.